The van der Waals surface area contributed by atoms with E-state index in [2.05, 4.69) is 20.8 Å². The molecule has 0 aromatic carbocycles. The molecule has 0 spiro atoms. The monoisotopic (exact) mass is 224 g/mol. The fourth-order valence-corrected chi connectivity index (χ4v) is 3.28. The molecule has 1 atom stereocenters. The van der Waals surface area contributed by atoms with Crippen LogP contribution in [0.5, 0.6) is 0 Å². The summed E-state index contributed by atoms with van der Waals surface area (Å²) in [6, 6.07) is 0. The lowest BCUT2D eigenvalue weighted by Crippen LogP contribution is -2.11. The van der Waals surface area contributed by atoms with Crippen LogP contribution in [0.1, 0.15) is 85.0 Å². The molecule has 0 N–H and O–H groups in total. The topological polar surface area (TPSA) is 0 Å². The Labute approximate surface area is 103 Å². The standard InChI is InChI=1S/C16H32/c1-4-9-16(14(2)3)13-12-15-10-7-5-6-8-11-15/h14-16H,4-13H2,1-3H3. The number of rotatable bonds is 6. The zero-order chi connectivity index (χ0) is 11.8. The Morgan fingerprint density at radius 2 is 1.56 bits per heavy atom. The predicted octanol–water partition coefficient (Wildman–Crippen LogP) is 5.81. The van der Waals surface area contributed by atoms with Gasteiger partial charge in [0.05, 0.1) is 0 Å². The molecule has 0 nitrogen and oxygen atoms in total. The van der Waals surface area contributed by atoms with Crippen molar-refractivity contribution in [2.75, 3.05) is 0 Å². The molecule has 1 aliphatic carbocycles. The Hall–Kier alpha value is 0. The van der Waals surface area contributed by atoms with Gasteiger partial charge in [-0.2, -0.15) is 0 Å². The van der Waals surface area contributed by atoms with Crippen LogP contribution in [0.25, 0.3) is 0 Å². The van der Waals surface area contributed by atoms with Gasteiger partial charge in [-0.05, 0) is 24.2 Å². The van der Waals surface area contributed by atoms with Crippen molar-refractivity contribution >= 4 is 0 Å². The van der Waals surface area contributed by atoms with Gasteiger partial charge >= 0.3 is 0 Å². The molecule has 0 heteroatoms. The Kier molecular flexibility index (Phi) is 7.16. The predicted molar refractivity (Wildman–Crippen MR) is 73.7 cm³/mol. The second-order valence-electron chi connectivity index (χ2n) is 6.23. The van der Waals surface area contributed by atoms with Crippen LogP contribution >= 0.6 is 0 Å². The highest BCUT2D eigenvalue weighted by atomic mass is 14.2. The van der Waals surface area contributed by atoms with Crippen LogP contribution in [0.15, 0.2) is 0 Å². The zero-order valence-corrected chi connectivity index (χ0v) is 11.8. The van der Waals surface area contributed by atoms with Crippen molar-refractivity contribution in [3.05, 3.63) is 0 Å². The number of hydrogen-bond donors (Lipinski definition) is 0. The third-order valence-corrected chi connectivity index (χ3v) is 4.52. The summed E-state index contributed by atoms with van der Waals surface area (Å²) >= 11 is 0. The van der Waals surface area contributed by atoms with E-state index in [1.807, 2.05) is 0 Å². The first-order chi connectivity index (χ1) is 7.74. The summed E-state index contributed by atoms with van der Waals surface area (Å²) in [5.41, 5.74) is 0. The molecule has 0 heterocycles. The van der Waals surface area contributed by atoms with Gasteiger partial charge in [0.2, 0.25) is 0 Å². The average Bonchev–Trinajstić information content (AvgIpc) is 2.52. The molecule has 96 valence electrons. The van der Waals surface area contributed by atoms with Gasteiger partial charge in [-0.1, -0.05) is 78.6 Å². The molecule has 1 aliphatic rings. The van der Waals surface area contributed by atoms with E-state index in [0.29, 0.717) is 0 Å². The lowest BCUT2D eigenvalue weighted by Gasteiger charge is -2.23. The summed E-state index contributed by atoms with van der Waals surface area (Å²) in [4.78, 5) is 0. The molecule has 0 aromatic heterocycles. The van der Waals surface area contributed by atoms with Crippen LogP contribution in [0.2, 0.25) is 0 Å². The van der Waals surface area contributed by atoms with Crippen LogP contribution < -0.4 is 0 Å². The van der Waals surface area contributed by atoms with E-state index in [1.54, 1.807) is 0 Å². The first-order valence-electron chi connectivity index (χ1n) is 7.74. The van der Waals surface area contributed by atoms with Crippen molar-refractivity contribution in [1.29, 1.82) is 0 Å². The molecule has 0 radical (unpaired) electrons. The molecule has 0 amide bonds. The molecular formula is C16H32. The first-order valence-corrected chi connectivity index (χ1v) is 7.74. The van der Waals surface area contributed by atoms with Crippen molar-refractivity contribution < 1.29 is 0 Å². The molecule has 1 unspecified atom stereocenters. The zero-order valence-electron chi connectivity index (χ0n) is 11.8. The Balaban J connectivity index is 2.24. The summed E-state index contributed by atoms with van der Waals surface area (Å²) < 4.78 is 0. The molecule has 16 heavy (non-hydrogen) atoms. The maximum Gasteiger partial charge on any atom is -0.0391 e. The van der Waals surface area contributed by atoms with Gasteiger partial charge in [-0.3, -0.25) is 0 Å². The van der Waals surface area contributed by atoms with E-state index >= 15 is 0 Å². The van der Waals surface area contributed by atoms with Gasteiger partial charge in [0, 0.05) is 0 Å². The van der Waals surface area contributed by atoms with E-state index in [4.69, 9.17) is 0 Å². The van der Waals surface area contributed by atoms with Gasteiger partial charge in [-0.15, -0.1) is 0 Å². The highest BCUT2D eigenvalue weighted by Crippen LogP contribution is 2.30. The third kappa shape index (κ3) is 5.37. The second kappa shape index (κ2) is 8.14. The molecule has 0 bridgehead atoms. The van der Waals surface area contributed by atoms with Crippen LogP contribution in [-0.2, 0) is 0 Å². The summed E-state index contributed by atoms with van der Waals surface area (Å²) in [6.45, 7) is 7.15. The Bertz CT molecular complexity index is 151. The van der Waals surface area contributed by atoms with E-state index in [0.717, 1.165) is 17.8 Å². The smallest absolute Gasteiger partial charge is 0.0391 e. The lowest BCUT2D eigenvalue weighted by atomic mass is 9.83. The Morgan fingerprint density at radius 3 is 2.06 bits per heavy atom. The largest absolute Gasteiger partial charge is 0.0654 e. The van der Waals surface area contributed by atoms with Crippen LogP contribution in [-0.4, -0.2) is 0 Å². The van der Waals surface area contributed by atoms with Gasteiger partial charge in [0.25, 0.3) is 0 Å². The van der Waals surface area contributed by atoms with Gasteiger partial charge in [0.1, 0.15) is 0 Å². The maximum atomic E-state index is 2.41. The van der Waals surface area contributed by atoms with Gasteiger partial charge in [-0.25, -0.2) is 0 Å². The highest BCUT2D eigenvalue weighted by Gasteiger charge is 2.17. The minimum atomic E-state index is 0.894. The van der Waals surface area contributed by atoms with Crippen molar-refractivity contribution in [3.63, 3.8) is 0 Å². The molecule has 0 saturated heterocycles. The lowest BCUT2D eigenvalue weighted by molar-refractivity contribution is 0.289. The minimum Gasteiger partial charge on any atom is -0.0654 e. The molecule has 1 fully saturated rings. The van der Waals surface area contributed by atoms with Crippen molar-refractivity contribution in [2.24, 2.45) is 17.8 Å². The van der Waals surface area contributed by atoms with Crippen molar-refractivity contribution in [2.45, 2.75) is 85.0 Å². The number of hydrogen-bond acceptors (Lipinski definition) is 0. The molecule has 1 rings (SSSR count). The highest BCUT2D eigenvalue weighted by molar-refractivity contribution is 4.69. The van der Waals surface area contributed by atoms with Crippen LogP contribution in [0.4, 0.5) is 0 Å². The minimum absolute atomic E-state index is 0.894. The SMILES string of the molecule is CCCC(CCC1CCCCCC1)C(C)C. The molecule has 0 aromatic rings. The molecular weight excluding hydrogens is 192 g/mol. The second-order valence-corrected chi connectivity index (χ2v) is 6.23. The van der Waals surface area contributed by atoms with Gasteiger partial charge < -0.3 is 0 Å². The maximum absolute atomic E-state index is 2.41. The summed E-state index contributed by atoms with van der Waals surface area (Å²) in [5, 5.41) is 0. The average molecular weight is 224 g/mol. The van der Waals surface area contributed by atoms with Crippen molar-refractivity contribution in [3.8, 4) is 0 Å². The molecule has 1 saturated carbocycles. The summed E-state index contributed by atoms with van der Waals surface area (Å²) in [5.74, 6) is 2.96. The summed E-state index contributed by atoms with van der Waals surface area (Å²) in [7, 11) is 0. The summed E-state index contributed by atoms with van der Waals surface area (Å²) in [6.07, 6.45) is 14.9. The normalized spacial score (nSPS) is 21.0. The van der Waals surface area contributed by atoms with E-state index in [-0.39, 0.29) is 0 Å². The van der Waals surface area contributed by atoms with Crippen molar-refractivity contribution in [1.82, 2.24) is 0 Å². The van der Waals surface area contributed by atoms with E-state index in [9.17, 15) is 0 Å². The van der Waals surface area contributed by atoms with Crippen LogP contribution in [0.3, 0.4) is 0 Å². The first kappa shape index (κ1) is 14.1. The Morgan fingerprint density at radius 1 is 0.938 bits per heavy atom. The van der Waals surface area contributed by atoms with E-state index in [1.165, 1.54) is 64.2 Å². The van der Waals surface area contributed by atoms with Gasteiger partial charge in [0.15, 0.2) is 0 Å². The third-order valence-electron chi connectivity index (χ3n) is 4.52. The van der Waals surface area contributed by atoms with Crippen LogP contribution in [0, 0.1) is 17.8 Å². The quantitative estimate of drug-likeness (QED) is 0.499. The fraction of sp³-hybridized carbons (Fsp3) is 1.00. The fourth-order valence-electron chi connectivity index (χ4n) is 3.28. The van der Waals surface area contributed by atoms with E-state index < -0.39 is 0 Å². The molecule has 0 aliphatic heterocycles.